The molecule has 3 aliphatic rings. The molecule has 2 aromatic carbocycles. The van der Waals surface area contributed by atoms with Gasteiger partial charge in [-0.2, -0.15) is 0 Å². The van der Waals surface area contributed by atoms with Gasteiger partial charge in [-0.15, -0.1) is 0 Å². The van der Waals surface area contributed by atoms with Crippen LogP contribution in [-0.2, 0) is 20.8 Å². The molecular weight excluding hydrogens is 398 g/mol. The molecule has 0 radical (unpaired) electrons. The third-order valence-corrected chi connectivity index (χ3v) is 5.51. The molecule has 0 aromatic heterocycles. The van der Waals surface area contributed by atoms with Gasteiger partial charge in [0.2, 0.25) is 18.8 Å². The van der Waals surface area contributed by atoms with E-state index in [1.165, 1.54) is 0 Å². The number of hydrogen-bond acceptors (Lipinski definition) is 6. The highest BCUT2D eigenvalue weighted by Crippen LogP contribution is 2.33. The predicted molar refractivity (Wildman–Crippen MR) is 112 cm³/mol. The summed E-state index contributed by atoms with van der Waals surface area (Å²) in [7, 11) is 0. The molecule has 2 amide bonds. The number of fused-ring (bicyclic) bond motifs is 1. The number of rotatable bonds is 7. The van der Waals surface area contributed by atoms with Gasteiger partial charge in [-0.3, -0.25) is 9.59 Å². The molecule has 8 nitrogen and oxygen atoms in total. The minimum absolute atomic E-state index is 0.172. The molecule has 2 atom stereocenters. The number of amides is 2. The smallest absolute Gasteiger partial charge is 0.265 e. The average Bonchev–Trinajstić information content (AvgIpc) is 3.27. The lowest BCUT2D eigenvalue weighted by Gasteiger charge is -2.20. The summed E-state index contributed by atoms with van der Waals surface area (Å²) in [6.07, 6.45) is 1.90. The summed E-state index contributed by atoms with van der Waals surface area (Å²) in [5.74, 6) is 0.803. The van der Waals surface area contributed by atoms with Crippen molar-refractivity contribution in [3.05, 3.63) is 59.7 Å². The molecule has 0 saturated heterocycles. The second-order valence-electron chi connectivity index (χ2n) is 7.94. The quantitative estimate of drug-likeness (QED) is 0.712. The number of carbonyl (C=O) groups excluding carboxylic acids is 2. The molecule has 2 aliphatic heterocycles. The van der Waals surface area contributed by atoms with Gasteiger partial charge < -0.3 is 24.9 Å². The monoisotopic (exact) mass is 421 g/mol. The SMILES string of the molecule is O=C(NC1CC1)[C@H](Cc1ccccc1)NC(=O)[C@H]1CC(c2ccc3c(c2)OCO3)=NO1. The molecule has 0 unspecified atom stereocenters. The number of ether oxygens (including phenoxy) is 2. The fraction of sp³-hybridized carbons (Fsp3) is 0.348. The van der Waals surface area contributed by atoms with E-state index in [1.807, 2.05) is 48.5 Å². The Morgan fingerprint density at radius 3 is 2.68 bits per heavy atom. The highest BCUT2D eigenvalue weighted by atomic mass is 16.7. The van der Waals surface area contributed by atoms with Crippen LogP contribution in [0.5, 0.6) is 11.5 Å². The molecule has 0 spiro atoms. The van der Waals surface area contributed by atoms with Crippen molar-refractivity contribution in [3.8, 4) is 11.5 Å². The van der Waals surface area contributed by atoms with Crippen LogP contribution in [0.1, 0.15) is 30.4 Å². The van der Waals surface area contributed by atoms with Crippen molar-refractivity contribution in [1.29, 1.82) is 0 Å². The molecule has 1 saturated carbocycles. The fourth-order valence-electron chi connectivity index (χ4n) is 3.62. The van der Waals surface area contributed by atoms with Gasteiger partial charge in [-0.1, -0.05) is 35.5 Å². The predicted octanol–water partition coefficient (Wildman–Crippen LogP) is 1.91. The molecular formula is C23H23N3O5. The van der Waals surface area contributed by atoms with Crippen LogP contribution in [0.2, 0.25) is 0 Å². The van der Waals surface area contributed by atoms with E-state index >= 15 is 0 Å². The van der Waals surface area contributed by atoms with Crippen molar-refractivity contribution in [3.63, 3.8) is 0 Å². The van der Waals surface area contributed by atoms with Gasteiger partial charge >= 0.3 is 0 Å². The maximum Gasteiger partial charge on any atom is 0.265 e. The van der Waals surface area contributed by atoms with E-state index in [2.05, 4.69) is 15.8 Å². The second-order valence-corrected chi connectivity index (χ2v) is 7.94. The lowest BCUT2D eigenvalue weighted by molar-refractivity contribution is -0.135. The zero-order valence-corrected chi connectivity index (χ0v) is 16.9. The molecule has 31 heavy (non-hydrogen) atoms. The normalized spacial score (nSPS) is 19.9. The van der Waals surface area contributed by atoms with Crippen LogP contribution in [0.3, 0.4) is 0 Å². The Hall–Kier alpha value is -3.55. The first-order valence-electron chi connectivity index (χ1n) is 10.4. The number of carbonyl (C=O) groups is 2. The molecule has 2 heterocycles. The molecule has 8 heteroatoms. The molecule has 0 bridgehead atoms. The highest BCUT2D eigenvalue weighted by Gasteiger charge is 2.34. The van der Waals surface area contributed by atoms with Crippen molar-refractivity contribution in [1.82, 2.24) is 10.6 Å². The maximum atomic E-state index is 12.9. The summed E-state index contributed by atoms with van der Waals surface area (Å²) in [4.78, 5) is 31.0. The van der Waals surface area contributed by atoms with E-state index in [-0.39, 0.29) is 24.6 Å². The van der Waals surface area contributed by atoms with Crippen molar-refractivity contribution < 1.29 is 23.9 Å². The zero-order valence-electron chi connectivity index (χ0n) is 16.9. The van der Waals surface area contributed by atoms with E-state index in [4.69, 9.17) is 14.3 Å². The van der Waals surface area contributed by atoms with Gasteiger partial charge in [0.15, 0.2) is 11.5 Å². The lowest BCUT2D eigenvalue weighted by atomic mass is 10.0. The van der Waals surface area contributed by atoms with Gasteiger partial charge in [0.05, 0.1) is 5.71 Å². The summed E-state index contributed by atoms with van der Waals surface area (Å²) in [6.45, 7) is 0.193. The van der Waals surface area contributed by atoms with Crippen molar-refractivity contribution in [2.75, 3.05) is 6.79 Å². The van der Waals surface area contributed by atoms with E-state index in [0.717, 1.165) is 24.0 Å². The molecule has 1 fully saturated rings. The summed E-state index contributed by atoms with van der Waals surface area (Å²) in [5, 5.41) is 9.93. The number of benzene rings is 2. The minimum atomic E-state index is -0.785. The Labute approximate surface area is 179 Å². The van der Waals surface area contributed by atoms with Gasteiger partial charge in [0.1, 0.15) is 6.04 Å². The van der Waals surface area contributed by atoms with Crippen molar-refractivity contribution >= 4 is 17.5 Å². The third kappa shape index (κ3) is 4.47. The number of oxime groups is 1. The number of hydrogen-bond donors (Lipinski definition) is 2. The van der Waals surface area contributed by atoms with Gasteiger partial charge in [0.25, 0.3) is 5.91 Å². The van der Waals surface area contributed by atoms with Crippen LogP contribution in [-0.4, -0.2) is 42.5 Å². The Morgan fingerprint density at radius 2 is 1.87 bits per heavy atom. The average molecular weight is 421 g/mol. The number of nitrogens with zero attached hydrogens (tertiary/aromatic N) is 1. The van der Waals surface area contributed by atoms with Crippen molar-refractivity contribution in [2.24, 2.45) is 5.16 Å². The first-order valence-corrected chi connectivity index (χ1v) is 10.4. The summed E-state index contributed by atoms with van der Waals surface area (Å²) in [6, 6.07) is 14.7. The molecule has 160 valence electrons. The van der Waals surface area contributed by atoms with Crippen LogP contribution in [0.4, 0.5) is 0 Å². The van der Waals surface area contributed by atoms with E-state index in [0.29, 0.717) is 30.1 Å². The second kappa shape index (κ2) is 8.29. The standard InChI is InChI=1S/C23H23N3O5/c27-22(24-16-7-8-16)18(10-14-4-2-1-3-5-14)25-23(28)21-12-17(26-31-21)15-6-9-19-20(11-15)30-13-29-19/h1-6,9,11,16,18,21H,7-8,10,12-13H2,(H,24,27)(H,25,28)/t18-,21+/m0/s1. The van der Waals surface area contributed by atoms with E-state index in [9.17, 15) is 9.59 Å². The summed E-state index contributed by atoms with van der Waals surface area (Å²) >= 11 is 0. The van der Waals surface area contributed by atoms with E-state index < -0.39 is 12.1 Å². The molecule has 2 N–H and O–H groups in total. The van der Waals surface area contributed by atoms with Crippen LogP contribution in [0.15, 0.2) is 53.7 Å². The summed E-state index contributed by atoms with van der Waals surface area (Å²) in [5.41, 5.74) is 2.44. The topological polar surface area (TPSA) is 98.3 Å². The Balaban J connectivity index is 1.23. The third-order valence-electron chi connectivity index (χ3n) is 5.51. The first-order chi connectivity index (χ1) is 15.2. The number of nitrogens with one attached hydrogen (secondary N) is 2. The minimum Gasteiger partial charge on any atom is -0.454 e. The van der Waals surface area contributed by atoms with Gasteiger partial charge in [-0.25, -0.2) is 0 Å². The summed E-state index contributed by atoms with van der Waals surface area (Å²) < 4.78 is 10.7. The maximum absolute atomic E-state index is 12.9. The Kier molecular flexibility index (Phi) is 5.19. The Bertz CT molecular complexity index is 1020. The largest absolute Gasteiger partial charge is 0.454 e. The molecule has 1 aliphatic carbocycles. The lowest BCUT2D eigenvalue weighted by Crippen LogP contribution is -2.51. The Morgan fingerprint density at radius 1 is 1.06 bits per heavy atom. The van der Waals surface area contributed by atoms with Crippen LogP contribution in [0.25, 0.3) is 0 Å². The van der Waals surface area contributed by atoms with Crippen LogP contribution >= 0.6 is 0 Å². The zero-order chi connectivity index (χ0) is 21.2. The first kappa shape index (κ1) is 19.4. The fourth-order valence-corrected chi connectivity index (χ4v) is 3.62. The van der Waals surface area contributed by atoms with Gasteiger partial charge in [-0.05, 0) is 36.6 Å². The van der Waals surface area contributed by atoms with Gasteiger partial charge in [0, 0.05) is 24.4 Å². The highest BCUT2D eigenvalue weighted by molar-refractivity contribution is 6.04. The molecule has 5 rings (SSSR count). The molecule has 2 aromatic rings. The van der Waals surface area contributed by atoms with E-state index in [1.54, 1.807) is 0 Å². The van der Waals surface area contributed by atoms with Crippen LogP contribution in [0, 0.1) is 0 Å². The van der Waals surface area contributed by atoms with Crippen LogP contribution < -0.4 is 20.1 Å². The van der Waals surface area contributed by atoms with Crippen molar-refractivity contribution in [2.45, 2.75) is 43.9 Å².